The van der Waals surface area contributed by atoms with E-state index in [0.717, 1.165) is 57.8 Å². The summed E-state index contributed by atoms with van der Waals surface area (Å²) in [6.45, 7) is 6.72. The lowest BCUT2D eigenvalue weighted by molar-refractivity contribution is -0.167. The van der Waals surface area contributed by atoms with Gasteiger partial charge in [0.15, 0.2) is 6.10 Å². The van der Waals surface area contributed by atoms with Crippen LogP contribution in [0.5, 0.6) is 0 Å². The predicted molar refractivity (Wildman–Crippen MR) is 312 cm³/mol. The molecule has 0 radical (unpaired) electrons. The molecule has 0 heterocycles. The standard InChI is InChI=1S/C66H128O6/c1-4-7-10-13-16-19-22-24-26-28-30-31-32-33-34-35-36-38-39-41-44-47-50-53-56-59-65(68)71-62-63(61-70-64(67)58-55-52-49-46-43-21-18-15-12-9-6-3)72-66(69)60-57-54-51-48-45-42-40-37-29-27-25-23-20-17-14-11-8-5-2/h63H,4-62H2,1-3H3. The van der Waals surface area contributed by atoms with Gasteiger partial charge in [-0.25, -0.2) is 0 Å². The Hall–Kier alpha value is -1.59. The van der Waals surface area contributed by atoms with E-state index in [-0.39, 0.29) is 31.1 Å². The molecule has 0 aliphatic rings. The summed E-state index contributed by atoms with van der Waals surface area (Å²) in [4.78, 5) is 38.2. The third-order valence-corrected chi connectivity index (χ3v) is 15.4. The Morgan fingerprint density at radius 2 is 0.375 bits per heavy atom. The molecule has 6 heteroatoms. The van der Waals surface area contributed by atoms with Crippen LogP contribution >= 0.6 is 0 Å². The molecule has 0 amide bonds. The second kappa shape index (κ2) is 62.0. The normalized spacial score (nSPS) is 11.9. The maximum atomic E-state index is 12.9. The first-order valence-corrected chi connectivity index (χ1v) is 33.0. The second-order valence-electron chi connectivity index (χ2n) is 22.8. The van der Waals surface area contributed by atoms with Gasteiger partial charge in [-0.2, -0.15) is 0 Å². The van der Waals surface area contributed by atoms with Crippen LogP contribution < -0.4 is 0 Å². The molecule has 0 rings (SSSR count). The lowest BCUT2D eigenvalue weighted by Crippen LogP contribution is -2.30. The van der Waals surface area contributed by atoms with Crippen LogP contribution in [0, 0.1) is 0 Å². The van der Waals surface area contributed by atoms with Crippen molar-refractivity contribution in [1.82, 2.24) is 0 Å². The van der Waals surface area contributed by atoms with Crippen molar-refractivity contribution in [3.05, 3.63) is 0 Å². The first-order chi connectivity index (χ1) is 35.5. The Morgan fingerprint density at radius 3 is 0.556 bits per heavy atom. The average Bonchev–Trinajstić information content (AvgIpc) is 3.38. The van der Waals surface area contributed by atoms with Crippen molar-refractivity contribution in [2.24, 2.45) is 0 Å². The Labute approximate surface area is 450 Å². The van der Waals surface area contributed by atoms with Gasteiger partial charge in [-0.15, -0.1) is 0 Å². The van der Waals surface area contributed by atoms with Crippen LogP contribution in [-0.4, -0.2) is 37.2 Å². The van der Waals surface area contributed by atoms with Crippen molar-refractivity contribution in [2.75, 3.05) is 13.2 Å². The summed E-state index contributed by atoms with van der Waals surface area (Å²) in [6.07, 6.45) is 71.3. The minimum absolute atomic E-state index is 0.0607. The van der Waals surface area contributed by atoms with Crippen LogP contribution in [-0.2, 0) is 28.6 Å². The highest BCUT2D eigenvalue weighted by Gasteiger charge is 2.19. The highest BCUT2D eigenvalue weighted by atomic mass is 16.6. The summed E-state index contributed by atoms with van der Waals surface area (Å²) in [7, 11) is 0. The van der Waals surface area contributed by atoms with Gasteiger partial charge in [-0.1, -0.05) is 348 Å². The third-order valence-electron chi connectivity index (χ3n) is 15.4. The maximum Gasteiger partial charge on any atom is 0.306 e. The summed E-state index contributed by atoms with van der Waals surface area (Å²) in [5.41, 5.74) is 0. The van der Waals surface area contributed by atoms with Crippen molar-refractivity contribution in [2.45, 2.75) is 393 Å². The van der Waals surface area contributed by atoms with Crippen molar-refractivity contribution in [1.29, 1.82) is 0 Å². The molecule has 6 nitrogen and oxygen atoms in total. The monoisotopic (exact) mass is 1020 g/mol. The van der Waals surface area contributed by atoms with Crippen molar-refractivity contribution in [3.8, 4) is 0 Å². The van der Waals surface area contributed by atoms with Crippen LogP contribution in [0.4, 0.5) is 0 Å². The highest BCUT2D eigenvalue weighted by Crippen LogP contribution is 2.19. The maximum absolute atomic E-state index is 12.9. The Bertz CT molecular complexity index is 1080. The number of ether oxygens (including phenoxy) is 3. The largest absolute Gasteiger partial charge is 0.462 e. The molecule has 0 N–H and O–H groups in total. The first kappa shape index (κ1) is 70.4. The molecule has 0 bridgehead atoms. The molecular formula is C66H128O6. The number of hydrogen-bond donors (Lipinski definition) is 0. The number of carbonyl (C=O) groups excluding carboxylic acids is 3. The SMILES string of the molecule is CCCCCCCCCCCCCCCCCCCCCCCCCCCC(=O)OCC(COC(=O)CCCCCCCCCCCCC)OC(=O)CCCCCCCCCCCCCCCCCCCC. The van der Waals surface area contributed by atoms with E-state index < -0.39 is 6.10 Å². The van der Waals surface area contributed by atoms with Gasteiger partial charge < -0.3 is 14.2 Å². The highest BCUT2D eigenvalue weighted by molar-refractivity contribution is 5.71. The molecule has 0 aromatic rings. The summed E-state index contributed by atoms with van der Waals surface area (Å²) >= 11 is 0. The van der Waals surface area contributed by atoms with Crippen molar-refractivity contribution in [3.63, 3.8) is 0 Å². The fourth-order valence-corrected chi connectivity index (χ4v) is 10.4. The summed E-state index contributed by atoms with van der Waals surface area (Å²) < 4.78 is 16.9. The van der Waals surface area contributed by atoms with Crippen LogP contribution in [0.1, 0.15) is 387 Å². The van der Waals surface area contributed by atoms with Crippen LogP contribution in [0.25, 0.3) is 0 Å². The molecule has 1 unspecified atom stereocenters. The number of hydrogen-bond acceptors (Lipinski definition) is 6. The van der Waals surface area contributed by atoms with E-state index in [0.29, 0.717) is 19.3 Å². The smallest absolute Gasteiger partial charge is 0.306 e. The molecule has 0 aliphatic heterocycles. The van der Waals surface area contributed by atoms with Gasteiger partial charge in [0, 0.05) is 19.3 Å². The van der Waals surface area contributed by atoms with Crippen LogP contribution in [0.15, 0.2) is 0 Å². The molecule has 0 saturated carbocycles. The van der Waals surface area contributed by atoms with Crippen molar-refractivity contribution >= 4 is 17.9 Å². The molecule has 0 spiro atoms. The molecule has 0 fully saturated rings. The minimum atomic E-state index is -0.762. The van der Waals surface area contributed by atoms with Crippen molar-refractivity contribution < 1.29 is 28.6 Å². The van der Waals surface area contributed by atoms with E-state index in [1.54, 1.807) is 0 Å². The topological polar surface area (TPSA) is 78.9 Å². The van der Waals surface area contributed by atoms with Gasteiger partial charge in [0.05, 0.1) is 0 Å². The fraction of sp³-hybridized carbons (Fsp3) is 0.955. The summed E-state index contributed by atoms with van der Waals surface area (Å²) in [5.74, 6) is -0.827. The lowest BCUT2D eigenvalue weighted by Gasteiger charge is -2.18. The number of unbranched alkanes of at least 4 members (excludes halogenated alkanes) is 51. The zero-order valence-electron chi connectivity index (χ0n) is 49.2. The molecule has 1 atom stereocenters. The molecular weight excluding hydrogens is 889 g/mol. The quantitative estimate of drug-likeness (QED) is 0.0343. The number of carbonyl (C=O) groups is 3. The van der Waals surface area contributed by atoms with Gasteiger partial charge in [0.1, 0.15) is 13.2 Å². The Kier molecular flexibility index (Phi) is 60.6. The van der Waals surface area contributed by atoms with Gasteiger partial charge >= 0.3 is 17.9 Å². The number of esters is 3. The molecule has 0 aromatic heterocycles. The van der Waals surface area contributed by atoms with E-state index in [1.807, 2.05) is 0 Å². The van der Waals surface area contributed by atoms with E-state index in [4.69, 9.17) is 14.2 Å². The van der Waals surface area contributed by atoms with E-state index in [9.17, 15) is 14.4 Å². The first-order valence-electron chi connectivity index (χ1n) is 33.0. The van der Waals surface area contributed by atoms with E-state index in [2.05, 4.69) is 20.8 Å². The predicted octanol–water partition coefficient (Wildman–Crippen LogP) is 22.3. The van der Waals surface area contributed by atoms with E-state index in [1.165, 1.54) is 289 Å². The van der Waals surface area contributed by atoms with Gasteiger partial charge in [0.25, 0.3) is 0 Å². The Balaban J connectivity index is 4.15. The molecule has 428 valence electrons. The van der Waals surface area contributed by atoms with Crippen LogP contribution in [0.2, 0.25) is 0 Å². The zero-order chi connectivity index (χ0) is 52.2. The van der Waals surface area contributed by atoms with Gasteiger partial charge in [-0.3, -0.25) is 14.4 Å². The average molecular weight is 1020 g/mol. The number of rotatable bonds is 62. The summed E-state index contributed by atoms with van der Waals surface area (Å²) in [6, 6.07) is 0. The molecule has 0 aromatic carbocycles. The lowest BCUT2D eigenvalue weighted by atomic mass is 10.0. The van der Waals surface area contributed by atoms with E-state index >= 15 is 0 Å². The van der Waals surface area contributed by atoms with Gasteiger partial charge in [0.2, 0.25) is 0 Å². The zero-order valence-corrected chi connectivity index (χ0v) is 49.2. The second-order valence-corrected chi connectivity index (χ2v) is 22.8. The minimum Gasteiger partial charge on any atom is -0.462 e. The fourth-order valence-electron chi connectivity index (χ4n) is 10.4. The molecule has 0 saturated heterocycles. The summed E-state index contributed by atoms with van der Waals surface area (Å²) in [5, 5.41) is 0. The molecule has 0 aliphatic carbocycles. The Morgan fingerprint density at radius 1 is 0.222 bits per heavy atom. The third kappa shape index (κ3) is 59.3. The van der Waals surface area contributed by atoms with Crippen LogP contribution in [0.3, 0.4) is 0 Å². The molecule has 72 heavy (non-hydrogen) atoms. The van der Waals surface area contributed by atoms with Gasteiger partial charge in [-0.05, 0) is 19.3 Å².